The van der Waals surface area contributed by atoms with Crippen LogP contribution < -0.4 is 26.4 Å². The Morgan fingerprint density at radius 2 is 1.79 bits per heavy atom. The van der Waals surface area contributed by atoms with Gasteiger partial charge in [0.1, 0.15) is 17.8 Å². The lowest BCUT2D eigenvalue weighted by Crippen LogP contribution is -2.58. The number of ether oxygens (including phenoxy) is 1. The average molecular weight is 524 g/mol. The summed E-state index contributed by atoms with van der Waals surface area (Å²) in [6.07, 6.45) is 0.807. The highest BCUT2D eigenvalue weighted by Crippen LogP contribution is 2.26. The lowest BCUT2D eigenvalue weighted by atomic mass is 9.91. The fourth-order valence-electron chi connectivity index (χ4n) is 4.47. The molecule has 2 aromatic carbocycles. The predicted molar refractivity (Wildman–Crippen MR) is 144 cm³/mol. The number of urea groups is 1. The Kier molecular flexibility index (Phi) is 9.33. The number of carbonyl (C=O) groups excluding carboxylic acids is 4. The molecule has 204 valence electrons. The van der Waals surface area contributed by atoms with Crippen molar-refractivity contribution in [2.24, 2.45) is 11.1 Å². The number of anilines is 1. The largest absolute Gasteiger partial charge is 0.497 e. The van der Waals surface area contributed by atoms with Crippen LogP contribution in [0.3, 0.4) is 0 Å². The molecule has 3 rings (SSSR count). The number of likely N-dealkylation sites (tertiary alicyclic amines) is 1. The van der Waals surface area contributed by atoms with Crippen LogP contribution in [0.5, 0.6) is 5.75 Å². The minimum atomic E-state index is -1.00. The SMILES string of the molecule is COc1cccc(NC(=O)NC2CCN(C(=O)CC(C)(C)C)C2C(=O)NC(Cc2ccccc2)C(N)=O)c1. The Bertz CT molecular complexity index is 1150. The van der Waals surface area contributed by atoms with E-state index in [1.54, 1.807) is 24.3 Å². The van der Waals surface area contributed by atoms with E-state index in [0.29, 0.717) is 17.9 Å². The molecular formula is C28H37N5O5. The molecule has 1 aliphatic heterocycles. The van der Waals surface area contributed by atoms with E-state index in [0.717, 1.165) is 5.56 Å². The van der Waals surface area contributed by atoms with Crippen LogP contribution in [0, 0.1) is 5.41 Å². The van der Waals surface area contributed by atoms with E-state index < -0.39 is 36.0 Å². The molecule has 3 atom stereocenters. The second-order valence-corrected chi connectivity index (χ2v) is 10.6. The molecule has 3 unspecified atom stereocenters. The Balaban J connectivity index is 1.78. The summed E-state index contributed by atoms with van der Waals surface area (Å²) in [4.78, 5) is 53.3. The number of nitrogens with one attached hydrogen (secondary N) is 3. The van der Waals surface area contributed by atoms with Gasteiger partial charge in [-0.2, -0.15) is 0 Å². The van der Waals surface area contributed by atoms with Crippen molar-refractivity contribution < 1.29 is 23.9 Å². The van der Waals surface area contributed by atoms with Crippen LogP contribution in [0.2, 0.25) is 0 Å². The van der Waals surface area contributed by atoms with Crippen LogP contribution in [0.25, 0.3) is 0 Å². The molecule has 5 N–H and O–H groups in total. The standard InChI is InChI=1S/C28H37N5O5/c1-28(2,3)17-23(34)33-14-13-21(32-27(37)30-19-11-8-12-20(16-19)38-4)24(33)26(36)31-22(25(29)35)15-18-9-6-5-7-10-18/h5-12,16,21-22,24H,13-15,17H2,1-4H3,(H2,29,35)(H,31,36)(H2,30,32,37). The second-order valence-electron chi connectivity index (χ2n) is 10.6. The number of hydrogen-bond donors (Lipinski definition) is 4. The highest BCUT2D eigenvalue weighted by Gasteiger charge is 2.44. The van der Waals surface area contributed by atoms with Gasteiger partial charge in [-0.3, -0.25) is 14.4 Å². The van der Waals surface area contributed by atoms with Crippen molar-refractivity contribution in [1.29, 1.82) is 0 Å². The van der Waals surface area contributed by atoms with Gasteiger partial charge in [0.25, 0.3) is 0 Å². The zero-order valence-corrected chi connectivity index (χ0v) is 22.3. The van der Waals surface area contributed by atoms with E-state index >= 15 is 0 Å². The molecule has 10 heteroatoms. The summed E-state index contributed by atoms with van der Waals surface area (Å²) < 4.78 is 5.19. The van der Waals surface area contributed by atoms with Crippen molar-refractivity contribution in [1.82, 2.24) is 15.5 Å². The van der Waals surface area contributed by atoms with E-state index in [1.165, 1.54) is 12.0 Å². The van der Waals surface area contributed by atoms with E-state index in [1.807, 2.05) is 51.1 Å². The summed E-state index contributed by atoms with van der Waals surface area (Å²) in [6, 6.07) is 12.9. The predicted octanol–water partition coefficient (Wildman–Crippen LogP) is 2.44. The fourth-order valence-corrected chi connectivity index (χ4v) is 4.47. The van der Waals surface area contributed by atoms with Crippen molar-refractivity contribution in [2.45, 2.75) is 58.2 Å². The molecule has 2 aromatic rings. The molecule has 1 aliphatic rings. The van der Waals surface area contributed by atoms with E-state index in [4.69, 9.17) is 10.5 Å². The van der Waals surface area contributed by atoms with Gasteiger partial charge in [-0.1, -0.05) is 57.2 Å². The molecule has 0 saturated carbocycles. The molecule has 10 nitrogen and oxygen atoms in total. The van der Waals surface area contributed by atoms with E-state index in [2.05, 4.69) is 16.0 Å². The molecule has 0 aliphatic carbocycles. The van der Waals surface area contributed by atoms with Gasteiger partial charge in [-0.25, -0.2) is 4.79 Å². The summed E-state index contributed by atoms with van der Waals surface area (Å²) in [6.45, 7) is 6.11. The van der Waals surface area contributed by atoms with Gasteiger partial charge in [0.05, 0.1) is 13.2 Å². The van der Waals surface area contributed by atoms with Gasteiger partial charge in [-0.05, 0) is 29.5 Å². The number of amides is 5. The van der Waals surface area contributed by atoms with Gasteiger partial charge >= 0.3 is 6.03 Å². The molecule has 0 bridgehead atoms. The fraction of sp³-hybridized carbons (Fsp3) is 0.429. The zero-order chi connectivity index (χ0) is 27.9. The molecule has 1 fully saturated rings. The number of carbonyl (C=O) groups is 4. The number of nitrogens with two attached hydrogens (primary N) is 1. The van der Waals surface area contributed by atoms with Crippen LogP contribution >= 0.6 is 0 Å². The topological polar surface area (TPSA) is 143 Å². The quantitative estimate of drug-likeness (QED) is 0.399. The summed E-state index contributed by atoms with van der Waals surface area (Å²) in [7, 11) is 1.53. The number of methoxy groups -OCH3 is 1. The van der Waals surface area contributed by atoms with Gasteiger partial charge in [0.2, 0.25) is 17.7 Å². The minimum absolute atomic E-state index is 0.200. The zero-order valence-electron chi connectivity index (χ0n) is 22.3. The number of primary amides is 1. The maximum absolute atomic E-state index is 13.6. The first-order valence-electron chi connectivity index (χ1n) is 12.6. The van der Waals surface area contributed by atoms with Crippen LogP contribution in [0.4, 0.5) is 10.5 Å². The molecular weight excluding hydrogens is 486 g/mol. The van der Waals surface area contributed by atoms with Crippen molar-refractivity contribution >= 4 is 29.4 Å². The Morgan fingerprint density at radius 1 is 1.08 bits per heavy atom. The molecule has 1 heterocycles. The Morgan fingerprint density at radius 3 is 2.42 bits per heavy atom. The Labute approximate surface area is 223 Å². The maximum Gasteiger partial charge on any atom is 0.319 e. The molecule has 5 amide bonds. The van der Waals surface area contributed by atoms with Crippen LogP contribution in [-0.4, -0.2) is 60.4 Å². The highest BCUT2D eigenvalue weighted by molar-refractivity contribution is 5.94. The van der Waals surface area contributed by atoms with Crippen molar-refractivity contribution in [2.75, 3.05) is 19.0 Å². The Hall–Kier alpha value is -4.08. The molecule has 38 heavy (non-hydrogen) atoms. The highest BCUT2D eigenvalue weighted by atomic mass is 16.5. The average Bonchev–Trinajstić information content (AvgIpc) is 3.27. The third-order valence-electron chi connectivity index (χ3n) is 6.26. The first kappa shape index (κ1) is 28.5. The van der Waals surface area contributed by atoms with Gasteiger partial charge < -0.3 is 31.3 Å². The number of nitrogens with zero attached hydrogens (tertiary/aromatic N) is 1. The second kappa shape index (κ2) is 12.4. The maximum atomic E-state index is 13.6. The molecule has 0 aromatic heterocycles. The molecule has 1 saturated heterocycles. The normalized spacial score (nSPS) is 17.8. The van der Waals surface area contributed by atoms with E-state index in [-0.39, 0.29) is 30.7 Å². The van der Waals surface area contributed by atoms with Crippen LogP contribution in [-0.2, 0) is 20.8 Å². The smallest absolute Gasteiger partial charge is 0.319 e. The summed E-state index contributed by atoms with van der Waals surface area (Å²) in [5.74, 6) is -0.853. The van der Waals surface area contributed by atoms with Gasteiger partial charge in [-0.15, -0.1) is 0 Å². The molecule has 0 radical (unpaired) electrons. The summed E-state index contributed by atoms with van der Waals surface area (Å²) in [5.41, 5.74) is 6.66. The van der Waals surface area contributed by atoms with Crippen LogP contribution in [0.15, 0.2) is 54.6 Å². The summed E-state index contributed by atoms with van der Waals surface area (Å²) in [5, 5.41) is 8.30. The monoisotopic (exact) mass is 523 g/mol. The number of hydrogen-bond acceptors (Lipinski definition) is 5. The summed E-state index contributed by atoms with van der Waals surface area (Å²) >= 11 is 0. The number of rotatable bonds is 9. The lowest BCUT2D eigenvalue weighted by molar-refractivity contribution is -0.141. The van der Waals surface area contributed by atoms with Crippen molar-refractivity contribution in [3.63, 3.8) is 0 Å². The van der Waals surface area contributed by atoms with Gasteiger partial charge in [0.15, 0.2) is 0 Å². The first-order valence-corrected chi connectivity index (χ1v) is 12.6. The number of benzene rings is 2. The third-order valence-corrected chi connectivity index (χ3v) is 6.26. The van der Waals surface area contributed by atoms with Crippen molar-refractivity contribution in [3.05, 3.63) is 60.2 Å². The van der Waals surface area contributed by atoms with Crippen LogP contribution in [0.1, 0.15) is 39.2 Å². The molecule has 0 spiro atoms. The first-order chi connectivity index (χ1) is 18.0. The minimum Gasteiger partial charge on any atom is -0.497 e. The third kappa shape index (κ3) is 7.96. The lowest BCUT2D eigenvalue weighted by Gasteiger charge is -2.31. The van der Waals surface area contributed by atoms with E-state index in [9.17, 15) is 19.2 Å². The van der Waals surface area contributed by atoms with Gasteiger partial charge in [0, 0.05) is 31.1 Å². The van der Waals surface area contributed by atoms with Crippen molar-refractivity contribution in [3.8, 4) is 5.75 Å².